The summed E-state index contributed by atoms with van der Waals surface area (Å²) in [4.78, 5) is 15.8. The number of benzene rings is 2. The van der Waals surface area contributed by atoms with E-state index in [1.807, 2.05) is 30.3 Å². The molecule has 0 atom stereocenters. The molecule has 0 unspecified atom stereocenters. The first-order valence-corrected chi connectivity index (χ1v) is 8.89. The maximum absolute atomic E-state index is 14.1. The van der Waals surface area contributed by atoms with Crippen LogP contribution < -0.4 is 4.74 Å². The number of nitrogens with zero attached hydrogens (tertiary/aromatic N) is 2. The second kappa shape index (κ2) is 7.22. The van der Waals surface area contributed by atoms with Crippen molar-refractivity contribution in [2.75, 3.05) is 0 Å². The summed E-state index contributed by atoms with van der Waals surface area (Å²) in [6.45, 7) is -0.00375. The average Bonchev–Trinajstić information content (AvgIpc) is 3.15. The van der Waals surface area contributed by atoms with E-state index in [4.69, 9.17) is 9.84 Å². The molecular weight excluding hydrogens is 367 g/mol. The number of hydrogen-bond donors (Lipinski definition) is 1. The number of fused-ring (bicyclic) bond motifs is 1. The van der Waals surface area contributed by atoms with Crippen LogP contribution in [0.5, 0.6) is 11.5 Å². The first kappa shape index (κ1) is 17.3. The third-order valence-corrected chi connectivity index (χ3v) is 5.23. The molecule has 1 N–H and O–H groups in total. The predicted octanol–water partition coefficient (Wildman–Crippen LogP) is 5.78. The van der Waals surface area contributed by atoms with E-state index in [0.29, 0.717) is 5.75 Å². The molecular formula is C20H13FN2O3S. The van der Waals surface area contributed by atoms with Crippen molar-refractivity contribution in [3.05, 3.63) is 77.1 Å². The van der Waals surface area contributed by atoms with Crippen LogP contribution in [-0.2, 0) is 6.61 Å². The lowest BCUT2D eigenvalue weighted by molar-refractivity contribution is 0.282. The third-order valence-electron chi connectivity index (χ3n) is 4.04. The Morgan fingerprint density at radius 3 is 2.59 bits per heavy atom. The zero-order valence-corrected chi connectivity index (χ0v) is 14.7. The van der Waals surface area contributed by atoms with E-state index in [9.17, 15) is 9.30 Å². The molecule has 134 valence electrons. The summed E-state index contributed by atoms with van der Waals surface area (Å²) in [5.74, 6) is -0.167. The Kier molecular flexibility index (Phi) is 4.62. The Hall–Kier alpha value is -3.16. The highest BCUT2D eigenvalue weighted by Crippen LogP contribution is 2.39. The van der Waals surface area contributed by atoms with Crippen LogP contribution in [0.2, 0.25) is 0 Å². The topological polar surface area (TPSA) is 71.8 Å². The Balaban J connectivity index is 1.71. The number of pyridine rings is 1. The second-order valence-corrected chi connectivity index (χ2v) is 6.85. The zero-order valence-electron chi connectivity index (χ0n) is 13.9. The summed E-state index contributed by atoms with van der Waals surface area (Å²) in [6, 6.07) is 15.0. The van der Waals surface area contributed by atoms with Gasteiger partial charge in [-0.3, -0.25) is 4.98 Å². The molecule has 7 heteroatoms. The molecule has 0 aliphatic rings. The Morgan fingerprint density at radius 1 is 1.07 bits per heavy atom. The molecule has 2 heterocycles. The molecule has 4 rings (SSSR count). The van der Waals surface area contributed by atoms with Gasteiger partial charge in [0.25, 0.3) is 0 Å². The van der Waals surface area contributed by atoms with Gasteiger partial charge in [0.1, 0.15) is 11.4 Å². The Bertz CT molecular complexity index is 1130. The molecule has 0 radical (unpaired) electrons. The highest BCUT2D eigenvalue weighted by molar-refractivity contribution is 7.22. The monoisotopic (exact) mass is 380 g/mol. The van der Waals surface area contributed by atoms with Crippen LogP contribution in [0, 0.1) is 10.7 Å². The smallest absolute Gasteiger partial charge is 0.167 e. The molecule has 0 aliphatic carbocycles. The van der Waals surface area contributed by atoms with E-state index in [1.54, 1.807) is 12.3 Å². The number of aliphatic hydroxyl groups excluding tert-OH is 1. The zero-order chi connectivity index (χ0) is 18.8. The Labute approximate surface area is 157 Å². The molecule has 0 saturated heterocycles. The van der Waals surface area contributed by atoms with Crippen LogP contribution in [0.1, 0.15) is 5.56 Å². The molecule has 0 amide bonds. The fraction of sp³-hybridized carbons (Fsp3) is 0.0500. The SMILES string of the molecule is O=Nc1ccc(Oc2ccnc3cc(-c4ccc(CO)cc4)sc23)c(F)c1. The van der Waals surface area contributed by atoms with Crippen molar-refractivity contribution in [2.45, 2.75) is 6.61 Å². The van der Waals surface area contributed by atoms with E-state index in [2.05, 4.69) is 10.2 Å². The highest BCUT2D eigenvalue weighted by atomic mass is 32.1. The van der Waals surface area contributed by atoms with Crippen LogP contribution in [-0.4, -0.2) is 10.1 Å². The molecule has 0 saturated carbocycles. The molecule has 4 aromatic rings. The van der Waals surface area contributed by atoms with Gasteiger partial charge in [0, 0.05) is 23.2 Å². The standard InChI is InChI=1S/C20H13FN2O3S/c21-15-9-14(23-25)5-6-17(15)26-18-7-8-22-16-10-19(27-20(16)18)13-3-1-12(11-24)2-4-13/h1-10,24H,11H2. The first-order valence-electron chi connectivity index (χ1n) is 8.07. The number of aromatic nitrogens is 1. The van der Waals surface area contributed by atoms with Crippen molar-refractivity contribution in [1.29, 1.82) is 0 Å². The minimum Gasteiger partial charge on any atom is -0.453 e. The lowest BCUT2D eigenvalue weighted by atomic mass is 10.1. The molecule has 0 spiro atoms. The maximum atomic E-state index is 14.1. The van der Waals surface area contributed by atoms with Gasteiger partial charge in [-0.1, -0.05) is 24.3 Å². The maximum Gasteiger partial charge on any atom is 0.167 e. The van der Waals surface area contributed by atoms with Gasteiger partial charge in [0.05, 0.1) is 16.8 Å². The fourth-order valence-corrected chi connectivity index (χ4v) is 3.73. The summed E-state index contributed by atoms with van der Waals surface area (Å²) in [5, 5.41) is 11.9. The molecule has 27 heavy (non-hydrogen) atoms. The first-order chi connectivity index (χ1) is 13.2. The minimum absolute atomic E-state index is 0.00375. The number of halogens is 1. The summed E-state index contributed by atoms with van der Waals surface area (Å²) in [5.41, 5.74) is 2.58. The highest BCUT2D eigenvalue weighted by Gasteiger charge is 2.13. The Morgan fingerprint density at radius 2 is 1.89 bits per heavy atom. The summed E-state index contributed by atoms with van der Waals surface area (Å²) >= 11 is 1.48. The minimum atomic E-state index is -0.659. The number of rotatable bonds is 5. The van der Waals surface area contributed by atoms with Gasteiger partial charge in [-0.2, -0.15) is 0 Å². The fourth-order valence-electron chi connectivity index (χ4n) is 2.66. The second-order valence-electron chi connectivity index (χ2n) is 5.80. The lowest BCUT2D eigenvalue weighted by Gasteiger charge is -2.07. The van der Waals surface area contributed by atoms with Gasteiger partial charge in [-0.05, 0) is 34.5 Å². The molecule has 2 aromatic carbocycles. The molecule has 2 aromatic heterocycles. The van der Waals surface area contributed by atoms with Gasteiger partial charge in [0.2, 0.25) is 0 Å². The van der Waals surface area contributed by atoms with Crippen LogP contribution >= 0.6 is 11.3 Å². The normalized spacial score (nSPS) is 10.9. The quantitative estimate of drug-likeness (QED) is 0.445. The molecule has 0 fully saturated rings. The number of thiophene rings is 1. The molecule has 0 bridgehead atoms. The molecule has 0 aliphatic heterocycles. The van der Waals surface area contributed by atoms with E-state index in [0.717, 1.165) is 32.3 Å². The van der Waals surface area contributed by atoms with Gasteiger partial charge in [-0.15, -0.1) is 16.2 Å². The summed E-state index contributed by atoms with van der Waals surface area (Å²) in [6.07, 6.45) is 1.60. The third kappa shape index (κ3) is 3.42. The van der Waals surface area contributed by atoms with Crippen LogP contribution in [0.3, 0.4) is 0 Å². The molecule has 5 nitrogen and oxygen atoms in total. The van der Waals surface area contributed by atoms with Gasteiger partial charge < -0.3 is 9.84 Å². The van der Waals surface area contributed by atoms with Crippen LogP contribution in [0.25, 0.3) is 20.7 Å². The van der Waals surface area contributed by atoms with Crippen LogP contribution in [0.15, 0.2) is 66.0 Å². The van der Waals surface area contributed by atoms with E-state index >= 15 is 0 Å². The lowest BCUT2D eigenvalue weighted by Crippen LogP contribution is -1.88. The van der Waals surface area contributed by atoms with E-state index in [-0.39, 0.29) is 18.0 Å². The van der Waals surface area contributed by atoms with Gasteiger partial charge in [-0.25, -0.2) is 4.39 Å². The summed E-state index contributed by atoms with van der Waals surface area (Å²) < 4.78 is 20.6. The van der Waals surface area contributed by atoms with Crippen LogP contribution in [0.4, 0.5) is 10.1 Å². The van der Waals surface area contributed by atoms with Crippen molar-refractivity contribution >= 4 is 27.2 Å². The summed E-state index contributed by atoms with van der Waals surface area (Å²) in [7, 11) is 0. The van der Waals surface area contributed by atoms with Crippen molar-refractivity contribution in [1.82, 2.24) is 4.98 Å². The van der Waals surface area contributed by atoms with Gasteiger partial charge >= 0.3 is 0 Å². The van der Waals surface area contributed by atoms with E-state index < -0.39 is 5.82 Å². The predicted molar refractivity (Wildman–Crippen MR) is 103 cm³/mol. The number of nitroso groups, excluding NO2 is 1. The average molecular weight is 380 g/mol. The van der Waals surface area contributed by atoms with Crippen molar-refractivity contribution in [3.8, 4) is 21.9 Å². The van der Waals surface area contributed by atoms with Crippen molar-refractivity contribution < 1.29 is 14.2 Å². The number of aliphatic hydroxyl groups is 1. The van der Waals surface area contributed by atoms with Crippen molar-refractivity contribution in [3.63, 3.8) is 0 Å². The number of hydrogen-bond acceptors (Lipinski definition) is 6. The van der Waals surface area contributed by atoms with Gasteiger partial charge in [0.15, 0.2) is 11.6 Å². The van der Waals surface area contributed by atoms with E-state index in [1.165, 1.54) is 23.5 Å². The number of ether oxygens (including phenoxy) is 1. The largest absolute Gasteiger partial charge is 0.453 e. The van der Waals surface area contributed by atoms with Crippen molar-refractivity contribution in [2.24, 2.45) is 5.18 Å².